The third kappa shape index (κ3) is 3.89. The van der Waals surface area contributed by atoms with Gasteiger partial charge in [-0.05, 0) is 49.7 Å². The van der Waals surface area contributed by atoms with Crippen molar-refractivity contribution in [2.45, 2.75) is 51.5 Å². The van der Waals surface area contributed by atoms with Crippen LogP contribution < -0.4 is 21.2 Å². The lowest BCUT2D eigenvalue weighted by Crippen LogP contribution is -2.41. The number of nitrogen functional groups attached to an aromatic ring is 1. The van der Waals surface area contributed by atoms with E-state index in [9.17, 15) is 4.91 Å². The van der Waals surface area contributed by atoms with E-state index < -0.39 is 0 Å². The third-order valence-corrected chi connectivity index (χ3v) is 8.87. The normalized spacial score (nSPS) is 20.1. The Labute approximate surface area is 207 Å². The van der Waals surface area contributed by atoms with Crippen LogP contribution >= 0.6 is 11.3 Å². The number of fused-ring (bicyclic) bond motifs is 3. The number of nitrogens with zero attached hydrogens (tertiary/aromatic N) is 4. The molecule has 3 aromatic rings. The number of aromatic nitrogens is 2. The summed E-state index contributed by atoms with van der Waals surface area (Å²) in [5.74, 6) is 1.38. The van der Waals surface area contributed by atoms with Crippen molar-refractivity contribution in [3.63, 3.8) is 0 Å². The molecule has 0 amide bonds. The molecule has 3 aliphatic rings. The summed E-state index contributed by atoms with van der Waals surface area (Å²) in [7, 11) is 0. The summed E-state index contributed by atoms with van der Waals surface area (Å²) >= 11 is 1.67. The Hall–Kier alpha value is -3.27. The minimum atomic E-state index is -0.0156. The number of hydrazine groups is 1. The van der Waals surface area contributed by atoms with Crippen molar-refractivity contribution in [3.8, 4) is 5.75 Å². The second-order valence-corrected chi connectivity index (χ2v) is 11.0. The first-order valence-electron chi connectivity index (χ1n) is 12.3. The smallest absolute Gasteiger partial charge is 0.239 e. The van der Waals surface area contributed by atoms with Crippen molar-refractivity contribution >= 4 is 45.0 Å². The molecule has 2 fully saturated rings. The maximum atomic E-state index is 13.2. The van der Waals surface area contributed by atoms with Gasteiger partial charge in [0.1, 0.15) is 27.6 Å². The van der Waals surface area contributed by atoms with Gasteiger partial charge in [0.05, 0.1) is 47.7 Å². The molecule has 1 spiro atoms. The van der Waals surface area contributed by atoms with E-state index in [2.05, 4.69) is 15.3 Å². The maximum absolute atomic E-state index is 13.2. The Morgan fingerprint density at radius 1 is 1.37 bits per heavy atom. The number of nitroso groups, excluding NO2 is 1. The highest BCUT2D eigenvalue weighted by Crippen LogP contribution is 2.53. The van der Waals surface area contributed by atoms with Crippen molar-refractivity contribution in [2.24, 2.45) is 5.41 Å². The molecule has 1 saturated carbocycles. The molecule has 1 unspecified atom stereocenters. The first kappa shape index (κ1) is 22.2. The molecule has 2 aromatic heterocycles. The molecule has 9 nitrogen and oxygen atoms in total. The Kier molecular flexibility index (Phi) is 5.36. The van der Waals surface area contributed by atoms with Crippen LogP contribution in [0.5, 0.6) is 5.75 Å². The summed E-state index contributed by atoms with van der Waals surface area (Å²) in [5.41, 5.74) is 9.84. The van der Waals surface area contributed by atoms with Gasteiger partial charge >= 0.3 is 0 Å². The van der Waals surface area contributed by atoms with Gasteiger partial charge in [-0.15, -0.1) is 16.3 Å². The van der Waals surface area contributed by atoms with E-state index in [1.54, 1.807) is 23.7 Å². The van der Waals surface area contributed by atoms with Crippen LogP contribution in [-0.4, -0.2) is 51.8 Å². The van der Waals surface area contributed by atoms with Crippen molar-refractivity contribution in [1.82, 2.24) is 15.0 Å². The molecule has 1 saturated heterocycles. The topological polar surface area (TPSA) is 122 Å². The van der Waals surface area contributed by atoms with Gasteiger partial charge in [-0.25, -0.2) is 9.97 Å². The fourth-order valence-corrected chi connectivity index (χ4v) is 6.79. The zero-order valence-corrected chi connectivity index (χ0v) is 20.7. The van der Waals surface area contributed by atoms with Gasteiger partial charge in [0, 0.05) is 23.1 Å². The van der Waals surface area contributed by atoms with Crippen LogP contribution in [0.1, 0.15) is 48.6 Å². The first-order chi connectivity index (χ1) is 17.0. The zero-order valence-electron chi connectivity index (χ0n) is 19.9. The number of benzene rings is 1. The van der Waals surface area contributed by atoms with Crippen molar-refractivity contribution in [3.05, 3.63) is 39.4 Å². The van der Waals surface area contributed by atoms with Crippen molar-refractivity contribution in [1.29, 1.82) is 0 Å². The minimum Gasteiger partial charge on any atom is -0.492 e. The average Bonchev–Trinajstić information content (AvgIpc) is 3.31. The molecular weight excluding hydrogens is 462 g/mol. The van der Waals surface area contributed by atoms with Crippen LogP contribution in [0.3, 0.4) is 0 Å². The van der Waals surface area contributed by atoms with Crippen LogP contribution in [0.2, 0.25) is 0 Å². The highest BCUT2D eigenvalue weighted by atomic mass is 32.1. The van der Waals surface area contributed by atoms with Gasteiger partial charge in [0.2, 0.25) is 6.04 Å². The van der Waals surface area contributed by atoms with Crippen LogP contribution in [0.4, 0.5) is 17.2 Å². The zero-order chi connectivity index (χ0) is 24.2. The highest BCUT2D eigenvalue weighted by Gasteiger charge is 2.53. The standard InChI is InChI=1S/C25H30N7O2S/c1-2-34-20-11-18(27)15(12-26)9-19(20)30-23-22-17-4-3-16(10-21(17)35-24(22)29-14-28-23)32(33)31-8-7-25(13-31)5-6-25/h9,11-12,14,16,26H,2-8,10,13,27H2,1H3,(H,28,29,30)/q+1/p+1. The molecule has 1 atom stereocenters. The molecule has 1 aromatic carbocycles. The van der Waals surface area contributed by atoms with Gasteiger partial charge in [-0.3, -0.25) is 5.41 Å². The average molecular weight is 494 g/mol. The van der Waals surface area contributed by atoms with Crippen LogP contribution in [0, 0.1) is 10.3 Å². The molecule has 5 N–H and O–H groups in total. The second-order valence-electron chi connectivity index (χ2n) is 9.95. The second kappa shape index (κ2) is 8.44. The van der Waals surface area contributed by atoms with E-state index in [4.69, 9.17) is 15.9 Å². The van der Waals surface area contributed by atoms with E-state index >= 15 is 0 Å². The number of thiophene rings is 1. The summed E-state index contributed by atoms with van der Waals surface area (Å²) in [6, 6.07) is 3.64. The summed E-state index contributed by atoms with van der Waals surface area (Å²) in [5, 5.41) is 12.3. The van der Waals surface area contributed by atoms with Gasteiger partial charge in [-0.2, -0.15) is 0 Å². The monoisotopic (exact) mass is 493 g/mol. The molecule has 2 aliphatic carbocycles. The number of nitrogens with one attached hydrogen (secondary N) is 1. The quantitative estimate of drug-likeness (QED) is 0.263. The first-order valence-corrected chi connectivity index (χ1v) is 13.2. The van der Waals surface area contributed by atoms with E-state index in [0.717, 1.165) is 66.1 Å². The Morgan fingerprint density at radius 2 is 2.23 bits per heavy atom. The highest BCUT2D eigenvalue weighted by molar-refractivity contribution is 7.19. The third-order valence-electron chi connectivity index (χ3n) is 7.70. The van der Waals surface area contributed by atoms with Gasteiger partial charge in [0.25, 0.3) is 0 Å². The maximum Gasteiger partial charge on any atom is 0.239 e. The number of ether oxygens (including phenoxy) is 1. The molecule has 35 heavy (non-hydrogen) atoms. The van der Waals surface area contributed by atoms with Gasteiger partial charge in [-0.1, -0.05) is 0 Å². The van der Waals surface area contributed by atoms with Crippen molar-refractivity contribution in [2.75, 3.05) is 30.7 Å². The molecule has 1 aliphatic heterocycles. The SMILES string of the molecule is CCOc1cc(N)c(C=[NH2+])cc1Nc1ncnc2sc3c(c12)CCC([N+](=O)N1CCC2(CC2)C1)C3. The fraction of sp³-hybridized carbons (Fsp3) is 0.480. The molecule has 10 heteroatoms. The van der Waals surface area contributed by atoms with E-state index in [0.29, 0.717) is 23.5 Å². The Morgan fingerprint density at radius 3 is 2.97 bits per heavy atom. The lowest BCUT2D eigenvalue weighted by Gasteiger charge is -2.20. The molecule has 0 radical (unpaired) electrons. The largest absolute Gasteiger partial charge is 0.492 e. The van der Waals surface area contributed by atoms with E-state index in [1.165, 1.54) is 34.4 Å². The molecular formula is C25H31N7O2S+2. The summed E-state index contributed by atoms with van der Waals surface area (Å²) in [6.07, 6.45) is 9.20. The molecule has 0 bridgehead atoms. The number of rotatable bonds is 7. The van der Waals surface area contributed by atoms with Gasteiger partial charge in [0.15, 0.2) is 6.21 Å². The molecule has 182 valence electrons. The number of nitrogens with two attached hydrogens (primary N) is 2. The van der Waals surface area contributed by atoms with Crippen LogP contribution in [0.15, 0.2) is 18.5 Å². The lowest BCUT2D eigenvalue weighted by atomic mass is 9.93. The Bertz CT molecular complexity index is 1330. The number of hydrogen-bond donors (Lipinski definition) is 3. The van der Waals surface area contributed by atoms with Crippen LogP contribution in [0.25, 0.3) is 10.2 Å². The Balaban J connectivity index is 1.29. The molecule has 3 heterocycles. The van der Waals surface area contributed by atoms with Crippen molar-refractivity contribution < 1.29 is 15.0 Å². The summed E-state index contributed by atoms with van der Waals surface area (Å²) in [4.78, 5) is 25.8. The predicted molar refractivity (Wildman–Crippen MR) is 137 cm³/mol. The number of aryl methyl sites for hydroxylation is 1. The number of anilines is 3. The minimum absolute atomic E-state index is 0.0156. The van der Waals surface area contributed by atoms with E-state index in [-0.39, 0.29) is 6.04 Å². The van der Waals surface area contributed by atoms with Gasteiger partial charge < -0.3 is 15.8 Å². The molecule has 6 rings (SSSR count). The fourth-order valence-electron chi connectivity index (χ4n) is 5.53. The number of hydrogen-bond acceptors (Lipinski definition) is 7. The van der Waals surface area contributed by atoms with Crippen LogP contribution in [-0.2, 0) is 12.8 Å². The predicted octanol–water partition coefficient (Wildman–Crippen LogP) is 2.63. The van der Waals surface area contributed by atoms with E-state index in [1.807, 2.05) is 18.0 Å². The lowest BCUT2D eigenvalue weighted by molar-refractivity contribution is -0.732. The summed E-state index contributed by atoms with van der Waals surface area (Å²) in [6.45, 7) is 4.27. The summed E-state index contributed by atoms with van der Waals surface area (Å²) < 4.78 is 5.82.